The minimum absolute atomic E-state index is 0.00216. The maximum Gasteiger partial charge on any atom is 0.252 e. The second-order valence-corrected chi connectivity index (χ2v) is 15.5. The van der Waals surface area contributed by atoms with E-state index < -0.39 is 34.0 Å². The molecule has 20 heteroatoms. The van der Waals surface area contributed by atoms with Crippen molar-refractivity contribution in [2.24, 2.45) is 0 Å². The Hall–Kier alpha value is -2.53. The van der Waals surface area contributed by atoms with E-state index >= 15 is 0 Å². The summed E-state index contributed by atoms with van der Waals surface area (Å²) in [5.41, 5.74) is 3.03. The van der Waals surface area contributed by atoms with Crippen LogP contribution in [-0.2, 0) is 54.6 Å². The van der Waals surface area contributed by atoms with Crippen LogP contribution in [0.5, 0.6) is 0 Å². The molecule has 57 heavy (non-hydrogen) atoms. The summed E-state index contributed by atoms with van der Waals surface area (Å²) < 4.78 is 60.5. The number of aliphatic hydroxyl groups is 2. The molecule has 3 rings (SSSR count). The maximum absolute atomic E-state index is 12.9. The Morgan fingerprint density at radius 1 is 0.737 bits per heavy atom. The highest BCUT2D eigenvalue weighted by atomic mass is 35.5. The van der Waals surface area contributed by atoms with Crippen molar-refractivity contribution < 1.29 is 56.6 Å². The Bertz CT molecular complexity index is 1600. The number of ether oxygens (including phenoxy) is 6. The zero-order valence-corrected chi connectivity index (χ0v) is 34.8. The Morgan fingerprint density at radius 2 is 1.19 bits per heavy atom. The van der Waals surface area contributed by atoms with E-state index in [1.807, 2.05) is 32.3 Å². The Kier molecular flexibility index (Phi) is 23.4. The van der Waals surface area contributed by atoms with E-state index in [9.17, 15) is 28.2 Å². The van der Waals surface area contributed by atoms with Gasteiger partial charge in [0, 0.05) is 55.2 Å². The van der Waals surface area contributed by atoms with Crippen LogP contribution >= 0.6 is 23.2 Å². The summed E-state index contributed by atoms with van der Waals surface area (Å²) in [7, 11) is 0.111. The van der Waals surface area contributed by atoms with Crippen LogP contribution in [0.4, 0.5) is 0 Å². The highest BCUT2D eigenvalue weighted by Gasteiger charge is 2.30. The van der Waals surface area contributed by atoms with E-state index in [-0.39, 0.29) is 76.7 Å². The summed E-state index contributed by atoms with van der Waals surface area (Å²) in [6.45, 7) is 5.93. The zero-order chi connectivity index (χ0) is 41.5. The number of halogens is 2. The van der Waals surface area contributed by atoms with E-state index in [1.165, 1.54) is 0 Å². The predicted octanol–water partition coefficient (Wildman–Crippen LogP) is 0.122. The predicted molar refractivity (Wildman–Crippen MR) is 213 cm³/mol. The first-order valence-electron chi connectivity index (χ1n) is 18.7. The number of nitrogens with zero attached hydrogens (tertiary/aromatic N) is 1. The average molecular weight is 867 g/mol. The van der Waals surface area contributed by atoms with E-state index in [4.69, 9.17) is 51.6 Å². The van der Waals surface area contributed by atoms with Crippen LogP contribution in [0.2, 0.25) is 10.0 Å². The average Bonchev–Trinajstić information content (AvgIpc) is 3.19. The highest BCUT2D eigenvalue weighted by Crippen LogP contribution is 2.38. The molecular weight excluding hydrogens is 809 g/mol. The number of benzene rings is 2. The van der Waals surface area contributed by atoms with Gasteiger partial charge < -0.3 is 59.5 Å². The minimum atomic E-state index is -3.75. The van der Waals surface area contributed by atoms with Crippen molar-refractivity contribution in [1.29, 1.82) is 0 Å². The van der Waals surface area contributed by atoms with Gasteiger partial charge in [0.2, 0.25) is 10.0 Å². The van der Waals surface area contributed by atoms with Gasteiger partial charge in [-0.1, -0.05) is 35.3 Å². The molecule has 17 nitrogen and oxygen atoms in total. The van der Waals surface area contributed by atoms with Gasteiger partial charge in [0.15, 0.2) is 12.2 Å². The molecule has 0 fully saturated rings. The van der Waals surface area contributed by atoms with Crippen LogP contribution in [0, 0.1) is 0 Å². The molecule has 0 aromatic heterocycles. The molecular formula is C37H57Cl2N5O12S. The third-order valence-corrected chi connectivity index (χ3v) is 10.6. The van der Waals surface area contributed by atoms with Gasteiger partial charge in [0.25, 0.3) is 11.8 Å². The first kappa shape index (κ1) is 48.8. The van der Waals surface area contributed by atoms with Crippen LogP contribution in [0.3, 0.4) is 0 Å². The molecule has 2 aromatic carbocycles. The molecule has 0 spiro atoms. The first-order valence-corrected chi connectivity index (χ1v) is 21.0. The molecule has 0 saturated carbocycles. The second-order valence-electron chi connectivity index (χ2n) is 12.9. The van der Waals surface area contributed by atoms with E-state index in [0.29, 0.717) is 49.6 Å². The van der Waals surface area contributed by atoms with Gasteiger partial charge in [0.05, 0.1) is 84.2 Å². The number of rotatable bonds is 30. The van der Waals surface area contributed by atoms with Gasteiger partial charge >= 0.3 is 0 Å². The summed E-state index contributed by atoms with van der Waals surface area (Å²) in [5.74, 6) is -1.84. The highest BCUT2D eigenvalue weighted by molar-refractivity contribution is 7.89. The number of hydrogen-bond donors (Lipinski definition) is 6. The Balaban J connectivity index is 1.16. The maximum atomic E-state index is 12.9. The molecule has 322 valence electrons. The molecule has 3 unspecified atom stereocenters. The van der Waals surface area contributed by atoms with Crippen molar-refractivity contribution in [3.63, 3.8) is 0 Å². The van der Waals surface area contributed by atoms with Crippen LogP contribution in [0.15, 0.2) is 41.3 Å². The largest absolute Gasteiger partial charge is 0.380 e. The lowest BCUT2D eigenvalue weighted by Crippen LogP contribution is -2.50. The van der Waals surface area contributed by atoms with Gasteiger partial charge in [-0.05, 0) is 55.1 Å². The summed E-state index contributed by atoms with van der Waals surface area (Å²) in [4.78, 5) is 26.5. The molecule has 2 amide bonds. The number of amides is 2. The normalized spacial score (nSPS) is 15.6. The van der Waals surface area contributed by atoms with Gasteiger partial charge in [0.1, 0.15) is 0 Å². The van der Waals surface area contributed by atoms with Gasteiger partial charge in [-0.3, -0.25) is 9.59 Å². The van der Waals surface area contributed by atoms with Gasteiger partial charge in [-0.25, -0.2) is 13.1 Å². The van der Waals surface area contributed by atoms with E-state index in [0.717, 1.165) is 29.8 Å². The lowest BCUT2D eigenvalue weighted by atomic mass is 9.85. The third kappa shape index (κ3) is 18.1. The molecule has 2 aromatic rings. The SMILES string of the molecule is CNCCOCCOCCOCCNC(=O)C(O)C(O)C(=O)NCCOCCOCCOCCNS(=O)(=O)c1ccc(C2CN(C)Cc3c(Cl)cc(Cl)cc32)cc1. The second kappa shape index (κ2) is 27.3. The number of likely N-dealkylation sites (N-methyl/N-ethyl adjacent to an activating group) is 2. The number of nitrogens with one attached hydrogen (secondary N) is 4. The van der Waals surface area contributed by atoms with Crippen LogP contribution in [0.25, 0.3) is 0 Å². The lowest BCUT2D eigenvalue weighted by molar-refractivity contribution is -0.146. The van der Waals surface area contributed by atoms with Crippen molar-refractivity contribution in [1.82, 2.24) is 25.6 Å². The molecule has 3 atom stereocenters. The fraction of sp³-hybridized carbons (Fsp3) is 0.622. The zero-order valence-electron chi connectivity index (χ0n) is 32.5. The topological polar surface area (TPSA) is 215 Å². The molecule has 6 N–H and O–H groups in total. The van der Waals surface area contributed by atoms with Crippen molar-refractivity contribution >= 4 is 45.0 Å². The summed E-state index contributed by atoms with van der Waals surface area (Å²) >= 11 is 12.8. The van der Waals surface area contributed by atoms with E-state index in [2.05, 4.69) is 25.6 Å². The van der Waals surface area contributed by atoms with Gasteiger partial charge in [-0.2, -0.15) is 0 Å². The fourth-order valence-corrected chi connectivity index (χ4v) is 7.17. The number of aliphatic hydroxyl groups excluding tert-OH is 2. The van der Waals surface area contributed by atoms with Crippen molar-refractivity contribution in [3.8, 4) is 0 Å². The first-order chi connectivity index (χ1) is 27.4. The molecule has 1 heterocycles. The van der Waals surface area contributed by atoms with Crippen molar-refractivity contribution in [2.75, 3.05) is 126 Å². The monoisotopic (exact) mass is 865 g/mol. The quantitative estimate of drug-likeness (QED) is 0.0576. The number of fused-ring (bicyclic) bond motifs is 1. The Labute approximate surface area is 345 Å². The summed E-state index contributed by atoms with van der Waals surface area (Å²) in [6, 6.07) is 10.5. The summed E-state index contributed by atoms with van der Waals surface area (Å²) in [6.07, 6.45) is -3.92. The number of carbonyl (C=O) groups is 2. The summed E-state index contributed by atoms with van der Waals surface area (Å²) in [5, 5.41) is 28.9. The molecule has 0 bridgehead atoms. The van der Waals surface area contributed by atoms with Crippen molar-refractivity contribution in [2.45, 2.75) is 29.6 Å². The Morgan fingerprint density at radius 3 is 1.68 bits per heavy atom. The molecule has 1 aliphatic rings. The fourth-order valence-electron chi connectivity index (χ4n) is 5.59. The molecule has 0 saturated heterocycles. The van der Waals surface area contributed by atoms with Crippen LogP contribution in [0.1, 0.15) is 22.6 Å². The van der Waals surface area contributed by atoms with E-state index in [1.54, 1.807) is 18.2 Å². The minimum Gasteiger partial charge on any atom is -0.380 e. The van der Waals surface area contributed by atoms with Crippen LogP contribution < -0.4 is 20.7 Å². The number of sulfonamides is 1. The van der Waals surface area contributed by atoms with Gasteiger partial charge in [-0.15, -0.1) is 0 Å². The lowest BCUT2D eigenvalue weighted by Gasteiger charge is -2.33. The smallest absolute Gasteiger partial charge is 0.252 e. The third-order valence-electron chi connectivity index (χ3n) is 8.54. The number of hydrogen-bond acceptors (Lipinski definition) is 14. The molecule has 0 aliphatic carbocycles. The van der Waals surface area contributed by atoms with Crippen molar-refractivity contribution in [3.05, 3.63) is 63.1 Å². The number of carbonyl (C=O) groups excluding carboxylic acids is 2. The molecule has 0 radical (unpaired) electrons. The molecule has 1 aliphatic heterocycles. The van der Waals surface area contributed by atoms with Crippen LogP contribution in [-0.4, -0.2) is 174 Å². The standard InChI is InChI=1S/C37H57Cl2N5O12S/c1-40-7-11-51-15-19-55-20-16-52-12-8-41-36(47)34(45)35(46)37(48)42-9-13-53-17-21-56-22-18-54-14-10-43-57(49,50)29-5-3-27(4-6-29)31-25-44(2)26-32-30(31)23-28(38)24-33(32)39/h3-6,23-24,31,34-35,40,43,45-46H,7-22,25-26H2,1-2H3,(H,41,47)(H,42,48).